The molecular weight excluding hydrogens is 188 g/mol. The van der Waals surface area contributed by atoms with Crippen LogP contribution in [0, 0.1) is 11.3 Å². The van der Waals surface area contributed by atoms with Crippen molar-refractivity contribution in [2.24, 2.45) is 11.3 Å². The van der Waals surface area contributed by atoms with Gasteiger partial charge in [-0.2, -0.15) is 0 Å². The van der Waals surface area contributed by atoms with Gasteiger partial charge in [0.25, 0.3) is 0 Å². The Morgan fingerprint density at radius 3 is 2.27 bits per heavy atom. The van der Waals surface area contributed by atoms with E-state index in [4.69, 9.17) is 4.74 Å². The van der Waals surface area contributed by atoms with E-state index in [2.05, 4.69) is 26.8 Å². The van der Waals surface area contributed by atoms with Gasteiger partial charge in [-0.3, -0.25) is 0 Å². The lowest BCUT2D eigenvalue weighted by atomic mass is 9.68. The number of hydrogen-bond donors (Lipinski definition) is 1. The second kappa shape index (κ2) is 3.60. The van der Waals surface area contributed by atoms with E-state index in [-0.39, 0.29) is 5.60 Å². The van der Waals surface area contributed by atoms with E-state index >= 15 is 0 Å². The molecule has 1 aliphatic carbocycles. The van der Waals surface area contributed by atoms with Crippen molar-refractivity contribution in [3.63, 3.8) is 0 Å². The highest BCUT2D eigenvalue weighted by Gasteiger charge is 2.41. The number of aliphatic hydroxyl groups is 1. The fourth-order valence-electron chi connectivity index (χ4n) is 2.83. The highest BCUT2D eigenvalue weighted by atomic mass is 16.6. The van der Waals surface area contributed by atoms with Crippen molar-refractivity contribution in [1.29, 1.82) is 0 Å². The first-order chi connectivity index (χ1) is 6.91. The van der Waals surface area contributed by atoms with Gasteiger partial charge in [-0.25, -0.2) is 0 Å². The molecule has 86 valence electrons. The van der Waals surface area contributed by atoms with Gasteiger partial charge in [0.2, 0.25) is 0 Å². The SMILES string of the molecule is CC(C)(C)C1CCC2(C=CC(O)O2)CC1. The van der Waals surface area contributed by atoms with E-state index in [1.54, 1.807) is 6.08 Å². The molecule has 2 nitrogen and oxygen atoms in total. The normalized spacial score (nSPS) is 41.3. The van der Waals surface area contributed by atoms with E-state index in [0.29, 0.717) is 5.41 Å². The van der Waals surface area contributed by atoms with Crippen molar-refractivity contribution in [3.05, 3.63) is 12.2 Å². The van der Waals surface area contributed by atoms with Crippen LogP contribution in [0.25, 0.3) is 0 Å². The molecule has 15 heavy (non-hydrogen) atoms. The standard InChI is InChI=1S/C13H22O2/c1-12(2,3)10-4-7-13(8-5-10)9-6-11(14)15-13/h6,9-11,14H,4-5,7-8H2,1-3H3. The first kappa shape index (κ1) is 11.2. The minimum Gasteiger partial charge on any atom is -0.365 e. The predicted molar refractivity (Wildman–Crippen MR) is 60.4 cm³/mol. The minimum absolute atomic E-state index is 0.138. The Kier molecular flexibility index (Phi) is 2.68. The maximum absolute atomic E-state index is 9.36. The maximum atomic E-state index is 9.36. The summed E-state index contributed by atoms with van der Waals surface area (Å²) in [5, 5.41) is 9.36. The molecule has 0 aromatic carbocycles. The molecule has 0 radical (unpaired) electrons. The average molecular weight is 210 g/mol. The summed E-state index contributed by atoms with van der Waals surface area (Å²) in [6.07, 6.45) is 7.70. The molecule has 0 aromatic rings. The number of rotatable bonds is 0. The Morgan fingerprint density at radius 2 is 1.87 bits per heavy atom. The van der Waals surface area contributed by atoms with Gasteiger partial charge in [-0.15, -0.1) is 0 Å². The van der Waals surface area contributed by atoms with Crippen molar-refractivity contribution in [2.75, 3.05) is 0 Å². The lowest BCUT2D eigenvalue weighted by Gasteiger charge is -2.41. The Balaban J connectivity index is 1.96. The highest BCUT2D eigenvalue weighted by molar-refractivity contribution is 5.11. The number of aliphatic hydroxyl groups excluding tert-OH is 1. The Labute approximate surface area is 92.3 Å². The molecule has 0 amide bonds. The van der Waals surface area contributed by atoms with Gasteiger partial charge in [-0.05, 0) is 43.1 Å². The summed E-state index contributed by atoms with van der Waals surface area (Å²) in [5.74, 6) is 0.790. The van der Waals surface area contributed by atoms with Crippen molar-refractivity contribution in [3.8, 4) is 0 Å². The zero-order valence-corrected chi connectivity index (χ0v) is 9.99. The van der Waals surface area contributed by atoms with Crippen LogP contribution < -0.4 is 0 Å². The summed E-state index contributed by atoms with van der Waals surface area (Å²) in [6.45, 7) is 6.95. The topological polar surface area (TPSA) is 29.5 Å². The third-order valence-electron chi connectivity index (χ3n) is 3.98. The van der Waals surface area contributed by atoms with Crippen LogP contribution >= 0.6 is 0 Å². The smallest absolute Gasteiger partial charge is 0.175 e. The molecule has 1 saturated carbocycles. The first-order valence-electron chi connectivity index (χ1n) is 5.97. The van der Waals surface area contributed by atoms with Crippen molar-refractivity contribution < 1.29 is 9.84 Å². The third kappa shape index (κ3) is 2.26. The van der Waals surface area contributed by atoms with Gasteiger partial charge in [-0.1, -0.05) is 26.8 Å². The average Bonchev–Trinajstić information content (AvgIpc) is 2.47. The molecule has 2 aliphatic rings. The van der Waals surface area contributed by atoms with Crippen molar-refractivity contribution >= 4 is 0 Å². The molecule has 2 heteroatoms. The van der Waals surface area contributed by atoms with Gasteiger partial charge in [0, 0.05) is 0 Å². The van der Waals surface area contributed by atoms with E-state index in [0.717, 1.165) is 18.8 Å². The van der Waals surface area contributed by atoms with Gasteiger partial charge in [0.05, 0.1) is 5.60 Å². The molecule has 0 aromatic heterocycles. The third-order valence-corrected chi connectivity index (χ3v) is 3.98. The molecule has 1 heterocycles. The van der Waals surface area contributed by atoms with Gasteiger partial charge >= 0.3 is 0 Å². The largest absolute Gasteiger partial charge is 0.365 e. The Bertz CT molecular complexity index is 254. The second-order valence-electron chi connectivity index (χ2n) is 6.07. The quantitative estimate of drug-likeness (QED) is 0.623. The molecule has 0 saturated heterocycles. The van der Waals surface area contributed by atoms with E-state index in [1.807, 2.05) is 0 Å². The van der Waals surface area contributed by atoms with E-state index in [1.165, 1.54) is 12.8 Å². The molecule has 1 aliphatic heterocycles. The summed E-state index contributed by atoms with van der Waals surface area (Å²) in [4.78, 5) is 0. The van der Waals surface area contributed by atoms with Crippen LogP contribution in [0.3, 0.4) is 0 Å². The fraction of sp³-hybridized carbons (Fsp3) is 0.846. The van der Waals surface area contributed by atoms with Crippen LogP contribution in [-0.2, 0) is 4.74 Å². The van der Waals surface area contributed by atoms with E-state index < -0.39 is 6.29 Å². The van der Waals surface area contributed by atoms with Crippen LogP contribution in [0.1, 0.15) is 46.5 Å². The minimum atomic E-state index is -0.670. The second-order valence-corrected chi connectivity index (χ2v) is 6.07. The molecule has 1 fully saturated rings. The summed E-state index contributed by atoms with van der Waals surface area (Å²) in [7, 11) is 0. The van der Waals surface area contributed by atoms with Crippen LogP contribution in [0.5, 0.6) is 0 Å². The lowest BCUT2D eigenvalue weighted by Crippen LogP contribution is -2.37. The molecule has 1 unspecified atom stereocenters. The Hall–Kier alpha value is -0.340. The van der Waals surface area contributed by atoms with Gasteiger partial charge < -0.3 is 9.84 Å². The van der Waals surface area contributed by atoms with Crippen LogP contribution in [-0.4, -0.2) is 17.0 Å². The molecule has 1 N–H and O–H groups in total. The first-order valence-corrected chi connectivity index (χ1v) is 5.97. The van der Waals surface area contributed by atoms with Gasteiger partial charge in [0.1, 0.15) is 0 Å². The summed E-state index contributed by atoms with van der Waals surface area (Å²) in [6, 6.07) is 0. The van der Waals surface area contributed by atoms with Gasteiger partial charge in [0.15, 0.2) is 6.29 Å². The maximum Gasteiger partial charge on any atom is 0.175 e. The van der Waals surface area contributed by atoms with Crippen LogP contribution in [0.15, 0.2) is 12.2 Å². The van der Waals surface area contributed by atoms with Crippen molar-refractivity contribution in [1.82, 2.24) is 0 Å². The van der Waals surface area contributed by atoms with Crippen LogP contribution in [0.2, 0.25) is 0 Å². The monoisotopic (exact) mass is 210 g/mol. The van der Waals surface area contributed by atoms with E-state index in [9.17, 15) is 5.11 Å². The predicted octanol–water partition coefficient (Wildman–Crippen LogP) is 2.87. The molecule has 1 atom stereocenters. The number of hydrogen-bond acceptors (Lipinski definition) is 2. The highest BCUT2D eigenvalue weighted by Crippen LogP contribution is 2.45. The summed E-state index contributed by atoms with van der Waals surface area (Å²) in [5.41, 5.74) is 0.268. The molecular formula is C13H22O2. The fourth-order valence-corrected chi connectivity index (χ4v) is 2.83. The molecule has 1 spiro atoms. The van der Waals surface area contributed by atoms with Crippen LogP contribution in [0.4, 0.5) is 0 Å². The van der Waals surface area contributed by atoms with Crippen molar-refractivity contribution in [2.45, 2.75) is 58.3 Å². The zero-order valence-electron chi connectivity index (χ0n) is 9.99. The molecule has 2 rings (SSSR count). The summed E-state index contributed by atoms with van der Waals surface area (Å²) < 4.78 is 5.60. The Morgan fingerprint density at radius 1 is 1.27 bits per heavy atom. The lowest BCUT2D eigenvalue weighted by molar-refractivity contribution is -0.141. The summed E-state index contributed by atoms with van der Waals surface area (Å²) >= 11 is 0. The number of ether oxygens (including phenoxy) is 1. The molecule has 0 bridgehead atoms. The zero-order chi connectivity index (χ0) is 11.1.